The highest BCUT2D eigenvalue weighted by atomic mass is 35.5. The smallest absolute Gasteiger partial charge is 0.262 e. The molecular formula is C17H12ClFN4OS. The lowest BCUT2D eigenvalue weighted by atomic mass is 10.2. The summed E-state index contributed by atoms with van der Waals surface area (Å²) in [6.07, 6.45) is 0. The molecule has 0 aliphatic rings. The fourth-order valence-electron chi connectivity index (χ4n) is 2.71. The van der Waals surface area contributed by atoms with Crippen molar-refractivity contribution in [1.82, 2.24) is 19.2 Å². The molecule has 0 fully saturated rings. The van der Waals surface area contributed by atoms with Gasteiger partial charge in [-0.1, -0.05) is 41.6 Å². The van der Waals surface area contributed by atoms with Gasteiger partial charge in [-0.15, -0.1) is 10.2 Å². The number of aryl methyl sites for hydroxylation is 1. The number of hydrogen-bond donors (Lipinski definition) is 0. The van der Waals surface area contributed by atoms with E-state index in [1.807, 2.05) is 18.2 Å². The number of hydrogen-bond acceptors (Lipinski definition) is 4. The van der Waals surface area contributed by atoms with Gasteiger partial charge in [-0.05, 0) is 24.3 Å². The summed E-state index contributed by atoms with van der Waals surface area (Å²) in [5.41, 5.74) is 0.997. The quantitative estimate of drug-likeness (QED) is 0.513. The van der Waals surface area contributed by atoms with E-state index in [-0.39, 0.29) is 11.4 Å². The molecule has 0 spiro atoms. The molecule has 25 heavy (non-hydrogen) atoms. The van der Waals surface area contributed by atoms with Gasteiger partial charge in [0.2, 0.25) is 5.78 Å². The molecule has 0 unspecified atom stereocenters. The van der Waals surface area contributed by atoms with E-state index in [2.05, 4.69) is 10.2 Å². The van der Waals surface area contributed by atoms with E-state index in [0.717, 1.165) is 0 Å². The van der Waals surface area contributed by atoms with Crippen LogP contribution >= 0.6 is 23.4 Å². The zero-order valence-corrected chi connectivity index (χ0v) is 14.7. The Labute approximate surface area is 151 Å². The number of nitrogens with zero attached hydrogens (tertiary/aromatic N) is 4. The maximum absolute atomic E-state index is 14.0. The van der Waals surface area contributed by atoms with Crippen LogP contribution in [-0.4, -0.2) is 19.2 Å². The SMILES string of the molecule is Cn1c(=O)c2ccccc2n2c(SCc3c(F)cccc3Cl)nnc12. The number of aromatic nitrogens is 4. The molecule has 0 aliphatic heterocycles. The average Bonchev–Trinajstić information content (AvgIpc) is 3.03. The lowest BCUT2D eigenvalue weighted by Crippen LogP contribution is -2.20. The first kappa shape index (κ1) is 16.1. The van der Waals surface area contributed by atoms with Gasteiger partial charge in [-0.25, -0.2) is 4.39 Å². The molecule has 2 aromatic heterocycles. The molecule has 4 rings (SSSR count). The van der Waals surface area contributed by atoms with E-state index >= 15 is 0 Å². The summed E-state index contributed by atoms with van der Waals surface area (Å²) in [6, 6.07) is 11.9. The molecule has 0 N–H and O–H groups in total. The summed E-state index contributed by atoms with van der Waals surface area (Å²) >= 11 is 7.40. The van der Waals surface area contributed by atoms with E-state index in [1.165, 1.54) is 22.4 Å². The van der Waals surface area contributed by atoms with Gasteiger partial charge in [0, 0.05) is 23.4 Å². The molecule has 126 valence electrons. The van der Waals surface area contributed by atoms with Gasteiger partial charge in [0.1, 0.15) is 5.82 Å². The summed E-state index contributed by atoms with van der Waals surface area (Å²) in [7, 11) is 1.65. The Morgan fingerprint density at radius 3 is 2.76 bits per heavy atom. The molecular weight excluding hydrogens is 363 g/mol. The van der Waals surface area contributed by atoms with Crippen molar-refractivity contribution in [3.8, 4) is 0 Å². The maximum Gasteiger partial charge on any atom is 0.262 e. The summed E-state index contributed by atoms with van der Waals surface area (Å²) in [5, 5.41) is 9.80. The predicted octanol–water partition coefficient (Wildman–Crippen LogP) is 3.67. The summed E-state index contributed by atoms with van der Waals surface area (Å²) in [5.74, 6) is 0.389. The van der Waals surface area contributed by atoms with Crippen molar-refractivity contribution in [2.75, 3.05) is 0 Å². The highest BCUT2D eigenvalue weighted by Crippen LogP contribution is 2.28. The van der Waals surface area contributed by atoms with Gasteiger partial charge in [0.15, 0.2) is 5.16 Å². The molecule has 8 heteroatoms. The third kappa shape index (κ3) is 2.60. The second kappa shape index (κ2) is 6.16. The van der Waals surface area contributed by atoms with Crippen LogP contribution in [0.25, 0.3) is 16.7 Å². The van der Waals surface area contributed by atoms with Crippen LogP contribution in [0.15, 0.2) is 52.4 Å². The number of para-hydroxylation sites is 1. The van der Waals surface area contributed by atoms with Gasteiger partial charge in [0.05, 0.1) is 10.9 Å². The Kier molecular flexibility index (Phi) is 3.97. The van der Waals surface area contributed by atoms with E-state index in [1.54, 1.807) is 29.6 Å². The van der Waals surface area contributed by atoms with Gasteiger partial charge >= 0.3 is 0 Å². The molecule has 5 nitrogen and oxygen atoms in total. The second-order valence-corrected chi connectivity index (χ2v) is 6.84. The highest BCUT2D eigenvalue weighted by molar-refractivity contribution is 7.98. The standard InChI is InChI=1S/C17H12ClFN4OS/c1-22-15(24)10-5-2-3-8-14(10)23-16(22)20-21-17(23)25-9-11-12(18)6-4-7-13(11)19/h2-8H,9H2,1H3. The minimum atomic E-state index is -0.355. The maximum atomic E-state index is 14.0. The van der Waals surface area contributed by atoms with Crippen molar-refractivity contribution >= 4 is 40.0 Å². The van der Waals surface area contributed by atoms with Crippen LogP contribution < -0.4 is 5.56 Å². The number of benzene rings is 2. The fourth-order valence-corrected chi connectivity index (χ4v) is 4.00. The van der Waals surface area contributed by atoms with Gasteiger partial charge < -0.3 is 0 Å². The molecule has 2 aromatic carbocycles. The molecule has 0 atom stereocenters. The average molecular weight is 375 g/mol. The van der Waals surface area contributed by atoms with Crippen molar-refractivity contribution in [2.45, 2.75) is 10.9 Å². The van der Waals surface area contributed by atoms with E-state index in [0.29, 0.717) is 38.2 Å². The van der Waals surface area contributed by atoms with Crippen molar-refractivity contribution in [3.63, 3.8) is 0 Å². The lowest BCUT2D eigenvalue weighted by molar-refractivity contribution is 0.617. The van der Waals surface area contributed by atoms with E-state index < -0.39 is 0 Å². The van der Waals surface area contributed by atoms with Crippen molar-refractivity contribution in [1.29, 1.82) is 0 Å². The number of fused-ring (bicyclic) bond motifs is 3. The Balaban J connectivity index is 1.85. The molecule has 0 saturated heterocycles. The van der Waals surface area contributed by atoms with Crippen molar-refractivity contribution in [2.24, 2.45) is 7.05 Å². The highest BCUT2D eigenvalue weighted by Gasteiger charge is 2.16. The third-order valence-electron chi connectivity index (χ3n) is 4.00. The number of thioether (sulfide) groups is 1. The Hall–Kier alpha value is -2.38. The molecule has 0 aliphatic carbocycles. The van der Waals surface area contributed by atoms with Crippen LogP contribution in [0.2, 0.25) is 5.02 Å². The van der Waals surface area contributed by atoms with Crippen LogP contribution in [0.5, 0.6) is 0 Å². The molecule has 0 amide bonds. The molecule has 0 bridgehead atoms. The molecule has 0 saturated carbocycles. The molecule has 0 radical (unpaired) electrons. The Bertz CT molecular complexity index is 1150. The summed E-state index contributed by atoms with van der Waals surface area (Å²) < 4.78 is 17.2. The first-order valence-electron chi connectivity index (χ1n) is 7.46. The summed E-state index contributed by atoms with van der Waals surface area (Å²) in [6.45, 7) is 0. The van der Waals surface area contributed by atoms with E-state index in [4.69, 9.17) is 11.6 Å². The zero-order valence-electron chi connectivity index (χ0n) is 13.1. The van der Waals surface area contributed by atoms with Crippen LogP contribution in [-0.2, 0) is 12.8 Å². The largest absolute Gasteiger partial charge is 0.279 e. The number of halogens is 2. The Morgan fingerprint density at radius 1 is 1.16 bits per heavy atom. The normalized spacial score (nSPS) is 11.5. The van der Waals surface area contributed by atoms with Gasteiger partial charge in [-0.3, -0.25) is 13.8 Å². The zero-order chi connectivity index (χ0) is 17.6. The molecule has 2 heterocycles. The second-order valence-electron chi connectivity index (χ2n) is 5.49. The fraction of sp³-hybridized carbons (Fsp3) is 0.118. The van der Waals surface area contributed by atoms with Crippen LogP contribution in [0, 0.1) is 5.82 Å². The third-order valence-corrected chi connectivity index (χ3v) is 5.31. The van der Waals surface area contributed by atoms with Crippen LogP contribution in [0.4, 0.5) is 4.39 Å². The lowest BCUT2D eigenvalue weighted by Gasteiger charge is -2.08. The van der Waals surface area contributed by atoms with Crippen LogP contribution in [0.1, 0.15) is 5.56 Å². The predicted molar refractivity (Wildman–Crippen MR) is 96.7 cm³/mol. The first-order chi connectivity index (χ1) is 12.1. The topological polar surface area (TPSA) is 52.2 Å². The monoisotopic (exact) mass is 374 g/mol. The van der Waals surface area contributed by atoms with Crippen molar-refractivity contribution < 1.29 is 4.39 Å². The minimum Gasteiger partial charge on any atom is -0.279 e. The van der Waals surface area contributed by atoms with E-state index in [9.17, 15) is 9.18 Å². The summed E-state index contributed by atoms with van der Waals surface area (Å²) in [4.78, 5) is 12.4. The van der Waals surface area contributed by atoms with Gasteiger partial charge in [0.25, 0.3) is 5.56 Å². The number of rotatable bonds is 3. The van der Waals surface area contributed by atoms with Crippen LogP contribution in [0.3, 0.4) is 0 Å². The molecule has 4 aromatic rings. The van der Waals surface area contributed by atoms with Crippen molar-refractivity contribution in [3.05, 3.63) is 69.2 Å². The van der Waals surface area contributed by atoms with Gasteiger partial charge in [-0.2, -0.15) is 0 Å². The first-order valence-corrected chi connectivity index (χ1v) is 8.83. The minimum absolute atomic E-state index is 0.135. The Morgan fingerprint density at radius 2 is 1.96 bits per heavy atom.